The van der Waals surface area contributed by atoms with Crippen molar-refractivity contribution in [1.82, 2.24) is 10.2 Å². The molecule has 0 bridgehead atoms. The molecule has 1 aliphatic heterocycles. The van der Waals surface area contributed by atoms with Crippen LogP contribution in [0.4, 0.5) is 5.69 Å². The highest BCUT2D eigenvalue weighted by Gasteiger charge is 2.13. The summed E-state index contributed by atoms with van der Waals surface area (Å²) in [4.78, 5) is 14.4. The van der Waals surface area contributed by atoms with Gasteiger partial charge >= 0.3 is 0 Å². The Morgan fingerprint density at radius 1 is 1.45 bits per heavy atom. The molecule has 0 atom stereocenters. The molecular weight excluding hydrogens is 250 g/mol. The monoisotopic (exact) mass is 275 g/mol. The van der Waals surface area contributed by atoms with Gasteiger partial charge in [0.2, 0.25) is 0 Å². The van der Waals surface area contributed by atoms with Gasteiger partial charge in [-0.15, -0.1) is 0 Å². The number of carbonyl (C=O) groups is 1. The maximum Gasteiger partial charge on any atom is 0.251 e. The molecule has 20 heavy (non-hydrogen) atoms. The molecule has 2 N–H and O–H groups in total. The first-order valence-corrected chi connectivity index (χ1v) is 7.43. The molecule has 2 rings (SSSR count). The van der Waals surface area contributed by atoms with E-state index in [-0.39, 0.29) is 5.91 Å². The fourth-order valence-corrected chi connectivity index (χ4v) is 2.34. The van der Waals surface area contributed by atoms with Gasteiger partial charge in [0.15, 0.2) is 0 Å². The molecule has 0 fully saturated rings. The highest BCUT2D eigenvalue weighted by atomic mass is 16.1. The topological polar surface area (TPSA) is 44.4 Å². The summed E-state index contributed by atoms with van der Waals surface area (Å²) in [5.41, 5.74) is 3.18. The van der Waals surface area contributed by atoms with E-state index in [2.05, 4.69) is 36.4 Å². The molecule has 1 aromatic rings. The number of anilines is 1. The summed E-state index contributed by atoms with van der Waals surface area (Å²) < 4.78 is 0. The number of nitrogens with zero attached hydrogens (tertiary/aromatic N) is 1. The van der Waals surface area contributed by atoms with Crippen LogP contribution in [-0.4, -0.2) is 43.5 Å². The molecule has 0 saturated carbocycles. The van der Waals surface area contributed by atoms with Crippen LogP contribution < -0.4 is 10.6 Å². The maximum absolute atomic E-state index is 12.1. The molecule has 0 spiro atoms. The van der Waals surface area contributed by atoms with Crippen LogP contribution in [0, 0.1) is 0 Å². The Balaban J connectivity index is 1.78. The average Bonchev–Trinajstić information content (AvgIpc) is 2.90. The standard InChI is InChI=1S/C16H25N3O/c1-12(2)19(3)10-4-8-18-16(20)14-5-6-15-13(11-14)7-9-17-15/h5-6,11-12,17H,4,7-10H2,1-3H3,(H,18,20). The van der Waals surface area contributed by atoms with E-state index in [9.17, 15) is 4.79 Å². The van der Waals surface area contributed by atoms with Gasteiger partial charge in [-0.05, 0) is 64.0 Å². The summed E-state index contributed by atoms with van der Waals surface area (Å²) >= 11 is 0. The van der Waals surface area contributed by atoms with Gasteiger partial charge < -0.3 is 15.5 Å². The van der Waals surface area contributed by atoms with Crippen molar-refractivity contribution in [3.05, 3.63) is 29.3 Å². The Kier molecular flexibility index (Phi) is 5.01. The van der Waals surface area contributed by atoms with Crippen LogP contribution in [0.5, 0.6) is 0 Å². The number of benzene rings is 1. The van der Waals surface area contributed by atoms with Crippen molar-refractivity contribution in [3.8, 4) is 0 Å². The summed E-state index contributed by atoms with van der Waals surface area (Å²) in [5, 5.41) is 6.30. The maximum atomic E-state index is 12.1. The van der Waals surface area contributed by atoms with Gasteiger partial charge in [0.1, 0.15) is 0 Å². The second-order valence-corrected chi connectivity index (χ2v) is 5.73. The number of hydrogen-bond acceptors (Lipinski definition) is 3. The molecule has 4 nitrogen and oxygen atoms in total. The Bertz CT molecular complexity index is 471. The molecule has 0 aromatic heterocycles. The van der Waals surface area contributed by atoms with E-state index in [0.717, 1.165) is 38.0 Å². The number of fused-ring (bicyclic) bond motifs is 1. The van der Waals surface area contributed by atoms with Crippen LogP contribution in [0.3, 0.4) is 0 Å². The Morgan fingerprint density at radius 3 is 3.00 bits per heavy atom. The van der Waals surface area contributed by atoms with Crippen molar-refractivity contribution in [2.24, 2.45) is 0 Å². The lowest BCUT2D eigenvalue weighted by Crippen LogP contribution is -2.31. The zero-order chi connectivity index (χ0) is 14.5. The minimum absolute atomic E-state index is 0.0342. The second kappa shape index (κ2) is 6.75. The van der Waals surface area contributed by atoms with Crippen molar-refractivity contribution in [2.45, 2.75) is 32.7 Å². The molecule has 4 heteroatoms. The van der Waals surface area contributed by atoms with Crippen LogP contribution in [-0.2, 0) is 6.42 Å². The summed E-state index contributed by atoms with van der Waals surface area (Å²) in [5.74, 6) is 0.0342. The third-order valence-corrected chi connectivity index (χ3v) is 3.93. The lowest BCUT2D eigenvalue weighted by atomic mass is 10.1. The molecule has 0 radical (unpaired) electrons. The van der Waals surface area contributed by atoms with Crippen molar-refractivity contribution >= 4 is 11.6 Å². The van der Waals surface area contributed by atoms with E-state index in [0.29, 0.717) is 6.04 Å². The number of carbonyl (C=O) groups excluding carboxylic acids is 1. The molecule has 1 aromatic carbocycles. The first-order chi connectivity index (χ1) is 9.58. The lowest BCUT2D eigenvalue weighted by Gasteiger charge is -2.20. The van der Waals surface area contributed by atoms with Crippen molar-refractivity contribution in [3.63, 3.8) is 0 Å². The highest BCUT2D eigenvalue weighted by molar-refractivity contribution is 5.95. The van der Waals surface area contributed by atoms with E-state index in [1.54, 1.807) is 0 Å². The number of hydrogen-bond donors (Lipinski definition) is 2. The van der Waals surface area contributed by atoms with E-state index < -0.39 is 0 Å². The van der Waals surface area contributed by atoms with Crippen LogP contribution in [0.25, 0.3) is 0 Å². The van der Waals surface area contributed by atoms with E-state index >= 15 is 0 Å². The van der Waals surface area contributed by atoms with Crippen molar-refractivity contribution in [2.75, 3.05) is 32.0 Å². The fourth-order valence-electron chi connectivity index (χ4n) is 2.34. The molecule has 0 unspecified atom stereocenters. The number of nitrogens with one attached hydrogen (secondary N) is 2. The zero-order valence-electron chi connectivity index (χ0n) is 12.7. The van der Waals surface area contributed by atoms with Gasteiger partial charge in [0, 0.05) is 30.4 Å². The molecule has 0 saturated heterocycles. The predicted octanol–water partition coefficient (Wildman–Crippen LogP) is 2.11. The lowest BCUT2D eigenvalue weighted by molar-refractivity contribution is 0.0951. The molecule has 1 aliphatic rings. The van der Waals surface area contributed by atoms with Gasteiger partial charge in [-0.1, -0.05) is 0 Å². The molecule has 1 heterocycles. The van der Waals surface area contributed by atoms with Gasteiger partial charge in [-0.2, -0.15) is 0 Å². The number of rotatable bonds is 6. The summed E-state index contributed by atoms with van der Waals surface area (Å²) in [6.07, 6.45) is 1.99. The molecule has 1 amide bonds. The molecular formula is C16H25N3O. The largest absolute Gasteiger partial charge is 0.384 e. The van der Waals surface area contributed by atoms with Gasteiger partial charge in [0.25, 0.3) is 5.91 Å². The average molecular weight is 275 g/mol. The fraction of sp³-hybridized carbons (Fsp3) is 0.562. The minimum atomic E-state index is 0.0342. The summed E-state index contributed by atoms with van der Waals surface area (Å²) in [6, 6.07) is 6.46. The predicted molar refractivity (Wildman–Crippen MR) is 83.4 cm³/mol. The van der Waals surface area contributed by atoms with Gasteiger partial charge in [-0.25, -0.2) is 0 Å². The van der Waals surface area contributed by atoms with Gasteiger partial charge in [-0.3, -0.25) is 4.79 Å². The third kappa shape index (κ3) is 3.73. The van der Waals surface area contributed by atoms with Crippen LogP contribution in [0.15, 0.2) is 18.2 Å². The third-order valence-electron chi connectivity index (χ3n) is 3.93. The van der Waals surface area contributed by atoms with E-state index in [1.807, 2.05) is 18.2 Å². The second-order valence-electron chi connectivity index (χ2n) is 5.73. The smallest absolute Gasteiger partial charge is 0.251 e. The van der Waals surface area contributed by atoms with Crippen LogP contribution in [0.2, 0.25) is 0 Å². The summed E-state index contributed by atoms with van der Waals surface area (Å²) in [6.45, 7) is 7.06. The first-order valence-electron chi connectivity index (χ1n) is 7.43. The van der Waals surface area contributed by atoms with E-state index in [1.165, 1.54) is 11.3 Å². The Morgan fingerprint density at radius 2 is 2.25 bits per heavy atom. The number of amides is 1. The zero-order valence-corrected chi connectivity index (χ0v) is 12.7. The van der Waals surface area contributed by atoms with Crippen molar-refractivity contribution in [1.29, 1.82) is 0 Å². The van der Waals surface area contributed by atoms with Crippen molar-refractivity contribution < 1.29 is 4.79 Å². The quantitative estimate of drug-likeness (QED) is 0.782. The molecule has 0 aliphatic carbocycles. The minimum Gasteiger partial charge on any atom is -0.384 e. The molecule has 110 valence electrons. The Labute approximate surface area is 121 Å². The van der Waals surface area contributed by atoms with Crippen LogP contribution >= 0.6 is 0 Å². The first kappa shape index (κ1) is 14.9. The Hall–Kier alpha value is -1.55. The summed E-state index contributed by atoms with van der Waals surface area (Å²) in [7, 11) is 2.11. The normalized spacial score (nSPS) is 13.4. The van der Waals surface area contributed by atoms with Gasteiger partial charge in [0.05, 0.1) is 0 Å². The van der Waals surface area contributed by atoms with Crippen LogP contribution in [0.1, 0.15) is 36.2 Å². The van der Waals surface area contributed by atoms with E-state index in [4.69, 9.17) is 0 Å². The highest BCUT2D eigenvalue weighted by Crippen LogP contribution is 2.22. The SMILES string of the molecule is CC(C)N(C)CCCNC(=O)c1ccc2c(c1)CCN2.